The summed E-state index contributed by atoms with van der Waals surface area (Å²) in [6, 6.07) is 0. The number of nitrogens with zero attached hydrogens (tertiary/aromatic N) is 2. The summed E-state index contributed by atoms with van der Waals surface area (Å²) in [5.74, 6) is 1.64. The lowest BCUT2D eigenvalue weighted by Crippen LogP contribution is -2.28. The second-order valence-corrected chi connectivity index (χ2v) is 6.99. The first kappa shape index (κ1) is 14.4. The number of aryl methyl sites for hydroxylation is 2. The van der Waals surface area contributed by atoms with Crippen LogP contribution in [0.1, 0.15) is 62.3 Å². The van der Waals surface area contributed by atoms with Crippen LogP contribution in [-0.2, 0) is 6.42 Å². The molecule has 2 rings (SSSR count). The molecular weight excluding hydrogens is 234 g/mol. The van der Waals surface area contributed by atoms with Crippen molar-refractivity contribution in [2.24, 2.45) is 5.41 Å². The quantitative estimate of drug-likeness (QED) is 0.888. The van der Waals surface area contributed by atoms with Crippen molar-refractivity contribution in [1.82, 2.24) is 15.3 Å². The van der Waals surface area contributed by atoms with Gasteiger partial charge in [-0.05, 0) is 56.7 Å². The van der Waals surface area contributed by atoms with E-state index in [9.17, 15) is 0 Å². The predicted octanol–water partition coefficient (Wildman–Crippen LogP) is 3.15. The van der Waals surface area contributed by atoms with Gasteiger partial charge in [-0.3, -0.25) is 0 Å². The number of hydrogen-bond acceptors (Lipinski definition) is 3. The number of hydrogen-bond donors (Lipinski definition) is 1. The van der Waals surface area contributed by atoms with Gasteiger partial charge in [0.25, 0.3) is 0 Å². The van der Waals surface area contributed by atoms with Crippen molar-refractivity contribution in [3.63, 3.8) is 0 Å². The predicted molar refractivity (Wildman–Crippen MR) is 79.5 cm³/mol. The summed E-state index contributed by atoms with van der Waals surface area (Å²) in [5, 5.41) is 3.43. The third-order valence-electron chi connectivity index (χ3n) is 3.81. The Morgan fingerprint density at radius 3 is 2.05 bits per heavy atom. The zero-order chi connectivity index (χ0) is 14.0. The summed E-state index contributed by atoms with van der Waals surface area (Å²) in [6.45, 7) is 13.3. The second kappa shape index (κ2) is 5.58. The molecule has 0 spiro atoms. The molecule has 0 amide bonds. The molecule has 0 unspecified atom stereocenters. The Kier molecular flexibility index (Phi) is 4.24. The molecular formula is C16H27N3. The van der Waals surface area contributed by atoms with Gasteiger partial charge in [0, 0.05) is 17.8 Å². The van der Waals surface area contributed by atoms with E-state index in [-0.39, 0.29) is 5.41 Å². The van der Waals surface area contributed by atoms with Gasteiger partial charge >= 0.3 is 0 Å². The molecule has 1 aliphatic heterocycles. The van der Waals surface area contributed by atoms with Crippen LogP contribution in [0.2, 0.25) is 0 Å². The van der Waals surface area contributed by atoms with E-state index in [0.717, 1.165) is 25.3 Å². The standard InChI is InChI=1S/C16H27N3/c1-11-15(13-6-8-17-9-7-13)12(2)19-14(18-11)10-16(3,4)5/h13,17H,6-10H2,1-5H3. The third-order valence-corrected chi connectivity index (χ3v) is 3.81. The molecule has 0 radical (unpaired) electrons. The highest BCUT2D eigenvalue weighted by Gasteiger charge is 2.22. The Balaban J connectivity index is 2.26. The lowest BCUT2D eigenvalue weighted by molar-refractivity contribution is 0.398. The van der Waals surface area contributed by atoms with E-state index < -0.39 is 0 Å². The maximum Gasteiger partial charge on any atom is 0.129 e. The Morgan fingerprint density at radius 1 is 1.05 bits per heavy atom. The molecule has 3 nitrogen and oxygen atoms in total. The van der Waals surface area contributed by atoms with Gasteiger partial charge in [0.15, 0.2) is 0 Å². The number of nitrogens with one attached hydrogen (secondary N) is 1. The summed E-state index contributed by atoms with van der Waals surface area (Å²) in [5.41, 5.74) is 4.03. The van der Waals surface area contributed by atoms with Crippen LogP contribution >= 0.6 is 0 Å². The fourth-order valence-corrected chi connectivity index (χ4v) is 3.05. The molecule has 1 aromatic heterocycles. The fraction of sp³-hybridized carbons (Fsp3) is 0.750. The number of aromatic nitrogens is 2. The molecule has 1 aliphatic rings. The van der Waals surface area contributed by atoms with E-state index in [0.29, 0.717) is 5.92 Å². The van der Waals surface area contributed by atoms with Crippen molar-refractivity contribution < 1.29 is 0 Å². The highest BCUT2D eigenvalue weighted by Crippen LogP contribution is 2.30. The van der Waals surface area contributed by atoms with E-state index in [2.05, 4.69) is 39.9 Å². The molecule has 1 saturated heterocycles. The van der Waals surface area contributed by atoms with E-state index in [4.69, 9.17) is 9.97 Å². The largest absolute Gasteiger partial charge is 0.317 e. The van der Waals surface area contributed by atoms with Crippen LogP contribution in [0.15, 0.2) is 0 Å². The van der Waals surface area contributed by atoms with Gasteiger partial charge in [-0.2, -0.15) is 0 Å². The lowest BCUT2D eigenvalue weighted by Gasteiger charge is -2.26. The molecule has 19 heavy (non-hydrogen) atoms. The van der Waals surface area contributed by atoms with Gasteiger partial charge in [0.2, 0.25) is 0 Å². The molecule has 0 atom stereocenters. The minimum absolute atomic E-state index is 0.245. The third kappa shape index (κ3) is 3.75. The molecule has 3 heteroatoms. The van der Waals surface area contributed by atoms with Crippen molar-refractivity contribution in [2.45, 2.75) is 59.8 Å². The minimum atomic E-state index is 0.245. The molecule has 1 N–H and O–H groups in total. The molecule has 106 valence electrons. The lowest BCUT2D eigenvalue weighted by atomic mass is 9.87. The van der Waals surface area contributed by atoms with Gasteiger partial charge in [0.1, 0.15) is 5.82 Å². The summed E-state index contributed by atoms with van der Waals surface area (Å²) in [6.07, 6.45) is 3.37. The van der Waals surface area contributed by atoms with Crippen LogP contribution in [0.3, 0.4) is 0 Å². The average Bonchev–Trinajstić information content (AvgIpc) is 2.27. The van der Waals surface area contributed by atoms with Crippen molar-refractivity contribution in [1.29, 1.82) is 0 Å². The zero-order valence-corrected chi connectivity index (χ0v) is 13.0. The van der Waals surface area contributed by atoms with E-state index in [1.807, 2.05) is 0 Å². The van der Waals surface area contributed by atoms with Gasteiger partial charge in [-0.25, -0.2) is 9.97 Å². The highest BCUT2D eigenvalue weighted by molar-refractivity contribution is 5.29. The van der Waals surface area contributed by atoms with Crippen LogP contribution in [0.4, 0.5) is 0 Å². The Labute approximate surface area is 117 Å². The first-order valence-corrected chi connectivity index (χ1v) is 7.41. The first-order chi connectivity index (χ1) is 8.87. The van der Waals surface area contributed by atoms with Crippen molar-refractivity contribution in [2.75, 3.05) is 13.1 Å². The number of rotatable bonds is 2. The van der Waals surface area contributed by atoms with Crippen LogP contribution in [0.25, 0.3) is 0 Å². The molecule has 0 aliphatic carbocycles. The van der Waals surface area contributed by atoms with E-state index in [1.165, 1.54) is 29.8 Å². The maximum absolute atomic E-state index is 4.76. The van der Waals surface area contributed by atoms with Crippen molar-refractivity contribution in [3.8, 4) is 0 Å². The van der Waals surface area contributed by atoms with Crippen LogP contribution in [-0.4, -0.2) is 23.1 Å². The van der Waals surface area contributed by atoms with Gasteiger partial charge in [-0.1, -0.05) is 20.8 Å². The first-order valence-electron chi connectivity index (χ1n) is 7.41. The molecule has 0 saturated carbocycles. The Bertz CT molecular complexity index is 417. The van der Waals surface area contributed by atoms with Gasteiger partial charge in [0.05, 0.1) is 0 Å². The molecule has 0 bridgehead atoms. The molecule has 0 aromatic carbocycles. The van der Waals surface area contributed by atoms with Crippen LogP contribution in [0, 0.1) is 19.3 Å². The second-order valence-electron chi connectivity index (χ2n) is 6.99. The maximum atomic E-state index is 4.76. The molecule has 2 heterocycles. The Morgan fingerprint density at radius 2 is 1.58 bits per heavy atom. The van der Waals surface area contributed by atoms with Crippen molar-refractivity contribution >= 4 is 0 Å². The highest BCUT2D eigenvalue weighted by atomic mass is 14.9. The molecule has 1 fully saturated rings. The smallest absolute Gasteiger partial charge is 0.129 e. The number of piperidine rings is 1. The molecule has 1 aromatic rings. The average molecular weight is 261 g/mol. The monoisotopic (exact) mass is 261 g/mol. The van der Waals surface area contributed by atoms with Crippen LogP contribution < -0.4 is 5.32 Å². The minimum Gasteiger partial charge on any atom is -0.317 e. The normalized spacial score (nSPS) is 17.7. The SMILES string of the molecule is Cc1nc(CC(C)(C)C)nc(C)c1C1CCNCC1. The van der Waals surface area contributed by atoms with Gasteiger partial charge < -0.3 is 5.32 Å². The van der Waals surface area contributed by atoms with Crippen molar-refractivity contribution in [3.05, 3.63) is 22.8 Å². The summed E-state index contributed by atoms with van der Waals surface area (Å²) in [7, 11) is 0. The van der Waals surface area contributed by atoms with E-state index in [1.54, 1.807) is 0 Å². The van der Waals surface area contributed by atoms with Crippen LogP contribution in [0.5, 0.6) is 0 Å². The fourth-order valence-electron chi connectivity index (χ4n) is 3.05. The summed E-state index contributed by atoms with van der Waals surface area (Å²) < 4.78 is 0. The Hall–Kier alpha value is -0.960. The topological polar surface area (TPSA) is 37.8 Å². The summed E-state index contributed by atoms with van der Waals surface area (Å²) in [4.78, 5) is 9.53. The summed E-state index contributed by atoms with van der Waals surface area (Å²) >= 11 is 0. The zero-order valence-electron chi connectivity index (χ0n) is 13.0. The van der Waals surface area contributed by atoms with E-state index >= 15 is 0 Å². The van der Waals surface area contributed by atoms with Gasteiger partial charge in [-0.15, -0.1) is 0 Å².